The van der Waals surface area contributed by atoms with E-state index in [1.807, 2.05) is 151 Å². The third-order valence-electron chi connectivity index (χ3n) is 12.7. The van der Waals surface area contributed by atoms with E-state index in [1.54, 1.807) is 16.6 Å². The number of cyclic esters (lactones) is 1. The normalized spacial score (nSPS) is 17.6. The molecular formula is C55H67BN8O7. The van der Waals surface area contributed by atoms with Crippen LogP contribution in [0.1, 0.15) is 76.4 Å². The maximum atomic E-state index is 13.4. The van der Waals surface area contributed by atoms with Crippen molar-refractivity contribution in [2.75, 3.05) is 39.4 Å². The van der Waals surface area contributed by atoms with Gasteiger partial charge in [0.15, 0.2) is 0 Å². The van der Waals surface area contributed by atoms with Crippen molar-refractivity contribution < 1.29 is 34.0 Å². The van der Waals surface area contributed by atoms with E-state index in [2.05, 4.69) is 43.9 Å². The summed E-state index contributed by atoms with van der Waals surface area (Å²) in [7, 11) is -0.709. The van der Waals surface area contributed by atoms with Gasteiger partial charge in [0.25, 0.3) is 0 Å². The number of carbonyl (C=O) groups excluding carboxylic acids is 4. The minimum absolute atomic E-state index is 0.103. The van der Waals surface area contributed by atoms with Crippen LogP contribution >= 0.6 is 0 Å². The van der Waals surface area contributed by atoms with Gasteiger partial charge in [0, 0.05) is 74.7 Å². The first kappa shape index (κ1) is 52.0. The number of aliphatic hydroxyl groups is 1. The lowest BCUT2D eigenvalue weighted by molar-refractivity contribution is -0.160. The molecule has 2 unspecified atom stereocenters. The summed E-state index contributed by atoms with van der Waals surface area (Å²) in [5.41, 5.74) is 4.92. The van der Waals surface area contributed by atoms with Crippen LogP contribution in [-0.4, -0.2) is 109 Å². The molecule has 0 spiro atoms. The van der Waals surface area contributed by atoms with E-state index >= 15 is 0 Å². The van der Waals surface area contributed by atoms with Crippen LogP contribution in [0.15, 0.2) is 134 Å². The van der Waals surface area contributed by atoms with Crippen LogP contribution in [0.5, 0.6) is 0 Å². The molecule has 4 atom stereocenters. The molecule has 15 nitrogen and oxygen atoms in total. The maximum absolute atomic E-state index is 13.4. The fourth-order valence-electron chi connectivity index (χ4n) is 9.28. The zero-order valence-corrected chi connectivity index (χ0v) is 41.9. The second-order valence-corrected chi connectivity index (χ2v) is 20.7. The smallest absolute Gasteiger partial charge is 0.397 e. The molecule has 2 aliphatic heterocycles. The molecule has 0 bridgehead atoms. The number of benzene rings is 4. The van der Waals surface area contributed by atoms with Gasteiger partial charge >= 0.3 is 30.7 Å². The molecule has 0 radical (unpaired) electrons. The summed E-state index contributed by atoms with van der Waals surface area (Å²) in [6.45, 7) is 16.3. The molecule has 2 fully saturated rings. The van der Waals surface area contributed by atoms with Crippen LogP contribution in [-0.2, 0) is 37.0 Å². The Bertz CT molecular complexity index is 2720. The Labute approximate surface area is 417 Å². The minimum atomic E-state index is -0.863. The van der Waals surface area contributed by atoms with Crippen molar-refractivity contribution >= 4 is 30.7 Å². The van der Waals surface area contributed by atoms with Gasteiger partial charge in [-0.05, 0) is 35.3 Å². The van der Waals surface area contributed by atoms with Gasteiger partial charge < -0.3 is 44.3 Å². The third-order valence-corrected chi connectivity index (χ3v) is 12.7. The lowest BCUT2D eigenvalue weighted by atomic mass is 9.84. The third kappa shape index (κ3) is 13.1. The highest BCUT2D eigenvalue weighted by Gasteiger charge is 2.44. The topological polar surface area (TPSA) is 184 Å². The molecule has 0 aliphatic carbocycles. The number of aliphatic hydroxyl groups excluding tert-OH is 1. The highest BCUT2D eigenvalue weighted by atomic mass is 16.5. The number of rotatable bonds is 14. The summed E-state index contributed by atoms with van der Waals surface area (Å²) in [6, 6.07) is 39.1. The van der Waals surface area contributed by atoms with Crippen molar-refractivity contribution in [1.29, 1.82) is 0 Å². The van der Waals surface area contributed by atoms with Gasteiger partial charge in [-0.2, -0.15) is 0 Å². The zero-order chi connectivity index (χ0) is 50.9. The van der Waals surface area contributed by atoms with E-state index in [4.69, 9.17) is 14.7 Å². The monoisotopic (exact) mass is 963 g/mol. The number of nitrogens with zero attached hydrogens (tertiary/aromatic N) is 6. The first-order valence-electron chi connectivity index (χ1n) is 24.3. The summed E-state index contributed by atoms with van der Waals surface area (Å²) < 4.78 is 9.47. The lowest BCUT2D eigenvalue weighted by Crippen LogP contribution is -2.47. The molecular weight excluding hydrogens is 895 g/mol. The molecule has 2 saturated heterocycles. The summed E-state index contributed by atoms with van der Waals surface area (Å²) >= 11 is 0. The number of carbonyl (C=O) groups is 4. The van der Waals surface area contributed by atoms with Crippen molar-refractivity contribution in [1.82, 2.24) is 39.4 Å². The van der Waals surface area contributed by atoms with Gasteiger partial charge in [0.05, 0.1) is 30.1 Å². The molecule has 4 heterocycles. The Balaban J connectivity index is 0.000000209. The van der Waals surface area contributed by atoms with Crippen molar-refractivity contribution in [3.63, 3.8) is 0 Å². The first-order chi connectivity index (χ1) is 33.9. The van der Waals surface area contributed by atoms with Crippen LogP contribution < -0.4 is 10.5 Å². The predicted molar refractivity (Wildman–Crippen MR) is 274 cm³/mol. The number of hydrogen-bond acceptors (Lipinski definition) is 10. The number of amides is 3. The maximum Gasteiger partial charge on any atom is 0.397 e. The summed E-state index contributed by atoms with van der Waals surface area (Å²) in [6.07, 6.45) is 4.03. The molecule has 16 heteroatoms. The van der Waals surface area contributed by atoms with Crippen molar-refractivity contribution in [2.45, 2.75) is 73.5 Å². The Morgan fingerprint density at radius 1 is 0.662 bits per heavy atom. The molecule has 0 saturated carbocycles. The van der Waals surface area contributed by atoms with Gasteiger partial charge in [-0.3, -0.25) is 14.4 Å². The van der Waals surface area contributed by atoms with Gasteiger partial charge in [-0.25, -0.2) is 14.8 Å². The molecule has 372 valence electrons. The number of aromatic nitrogens is 4. The molecule has 4 N–H and O–H groups in total. The Kier molecular flexibility index (Phi) is 16.8. The van der Waals surface area contributed by atoms with Gasteiger partial charge in [-0.15, -0.1) is 0 Å². The fourth-order valence-corrected chi connectivity index (χ4v) is 9.28. The standard InChI is InChI=1S/C28H35BN4O4.C27H32N4O3/c1-28(2,3)24(33-17-21(15-30-29(4)36)19-37-27(35)26(33)34)25-31-23(22-13-9-6-10-14-22)18-32(25)16-20-11-7-5-8-12-20;1-27(2,3)23(31-16-20(18-32)14-28-25(33)26(31)34)24-29-22(21-12-8-5-9-13-21)17-30(24)15-19-10-6-4-7-11-19/h5-14,18,21,24,30,36H,15-17,19H2,1-4H3;4-13,17,20,23,32H,14-16,18H2,1-3H3,(H,28,33)/t21?,24-;20?,23-/m00/s1. The van der Waals surface area contributed by atoms with Crippen LogP contribution in [0.2, 0.25) is 6.82 Å². The van der Waals surface area contributed by atoms with E-state index < -0.39 is 53.7 Å². The molecule has 3 amide bonds. The largest absolute Gasteiger partial charge is 0.458 e. The summed E-state index contributed by atoms with van der Waals surface area (Å²) in [5.74, 6) is -1.77. The quantitative estimate of drug-likeness (QED) is 0.0525. The Morgan fingerprint density at radius 2 is 1.08 bits per heavy atom. The van der Waals surface area contributed by atoms with Crippen molar-refractivity contribution in [2.24, 2.45) is 22.7 Å². The predicted octanol–water partition coefficient (Wildman–Crippen LogP) is 6.64. The van der Waals surface area contributed by atoms with Gasteiger partial charge in [-0.1, -0.05) is 163 Å². The molecule has 71 heavy (non-hydrogen) atoms. The molecule has 4 aromatic carbocycles. The zero-order valence-electron chi connectivity index (χ0n) is 41.9. The molecule has 2 aliphatic rings. The molecule has 2 aromatic heterocycles. The van der Waals surface area contributed by atoms with Crippen LogP contribution in [0, 0.1) is 22.7 Å². The number of ether oxygens (including phenoxy) is 1. The average Bonchev–Trinajstić information content (AvgIpc) is 3.88. The van der Waals surface area contributed by atoms with Crippen molar-refractivity contribution in [3.8, 4) is 22.5 Å². The van der Waals surface area contributed by atoms with E-state index in [1.165, 1.54) is 0 Å². The van der Waals surface area contributed by atoms with E-state index in [0.717, 1.165) is 39.5 Å². The van der Waals surface area contributed by atoms with E-state index in [9.17, 15) is 29.3 Å². The number of imidazole rings is 2. The SMILES string of the molecule is CB(O)NCC1COC(=O)C(=O)N([C@@H](c2nc(-c3ccccc3)cn2Cc2ccccc2)C(C)(C)C)C1.CC(C)(C)[C@H](c1nc(-c2ccccc2)cn1Cc1ccccc1)N1CC(CO)CNC(=O)C1=O. The summed E-state index contributed by atoms with van der Waals surface area (Å²) in [5, 5.41) is 25.2. The lowest BCUT2D eigenvalue weighted by Gasteiger charge is -2.39. The molecule has 8 rings (SSSR count). The Morgan fingerprint density at radius 3 is 1.51 bits per heavy atom. The number of nitrogens with one attached hydrogen (secondary N) is 2. The number of hydrogen-bond donors (Lipinski definition) is 4. The van der Waals surface area contributed by atoms with Crippen molar-refractivity contribution in [3.05, 3.63) is 156 Å². The highest BCUT2D eigenvalue weighted by Crippen LogP contribution is 2.41. The second-order valence-electron chi connectivity index (χ2n) is 20.7. The van der Waals surface area contributed by atoms with E-state index in [-0.39, 0.29) is 38.1 Å². The average molecular weight is 963 g/mol. The van der Waals surface area contributed by atoms with E-state index in [0.29, 0.717) is 32.0 Å². The van der Waals surface area contributed by atoms with Crippen LogP contribution in [0.3, 0.4) is 0 Å². The summed E-state index contributed by atoms with van der Waals surface area (Å²) in [4.78, 5) is 65.1. The fraction of sp³-hybridized carbons (Fsp3) is 0.382. The van der Waals surface area contributed by atoms with Gasteiger partial charge in [0.1, 0.15) is 11.6 Å². The van der Waals surface area contributed by atoms with Gasteiger partial charge in [0.2, 0.25) is 0 Å². The van der Waals surface area contributed by atoms with Crippen LogP contribution in [0.4, 0.5) is 0 Å². The highest BCUT2D eigenvalue weighted by molar-refractivity contribution is 6.45. The number of esters is 1. The minimum Gasteiger partial charge on any atom is -0.458 e. The first-order valence-corrected chi connectivity index (χ1v) is 24.3. The Hall–Kier alpha value is -6.88. The molecule has 6 aromatic rings. The van der Waals surface area contributed by atoms with Crippen LogP contribution in [0.25, 0.3) is 22.5 Å². The second kappa shape index (κ2) is 22.9.